The minimum absolute atomic E-state index is 0.429. The molecule has 2 rings (SSSR count). The molecule has 1 aliphatic rings. The Labute approximate surface area is 85.7 Å². The summed E-state index contributed by atoms with van der Waals surface area (Å²) in [5.41, 5.74) is 1.04. The zero-order valence-electron chi connectivity index (χ0n) is 7.24. The van der Waals surface area contributed by atoms with E-state index < -0.39 is 0 Å². The highest BCUT2D eigenvalue weighted by Crippen LogP contribution is 2.23. The molecule has 0 amide bonds. The molecule has 1 unspecified atom stereocenters. The van der Waals surface area contributed by atoms with Gasteiger partial charge in [-0.25, -0.2) is 4.98 Å². The van der Waals surface area contributed by atoms with Gasteiger partial charge < -0.3 is 4.74 Å². The van der Waals surface area contributed by atoms with Crippen molar-refractivity contribution in [2.24, 2.45) is 0 Å². The van der Waals surface area contributed by atoms with Gasteiger partial charge in [0.05, 0.1) is 18.5 Å². The van der Waals surface area contributed by atoms with Gasteiger partial charge in [0.2, 0.25) is 0 Å². The normalized spacial score (nSPS) is 23.0. The fourth-order valence-electron chi connectivity index (χ4n) is 1.53. The van der Waals surface area contributed by atoms with Gasteiger partial charge in [0.25, 0.3) is 0 Å². The number of halogens is 1. The summed E-state index contributed by atoms with van der Waals surface area (Å²) < 4.78 is 6.19. The van der Waals surface area contributed by atoms with E-state index in [4.69, 9.17) is 4.74 Å². The van der Waals surface area contributed by atoms with E-state index in [1.807, 2.05) is 6.20 Å². The average Bonchev–Trinajstić information content (AvgIpc) is 2.19. The van der Waals surface area contributed by atoms with Crippen molar-refractivity contribution in [3.05, 3.63) is 22.7 Å². The second-order valence-electron chi connectivity index (χ2n) is 3.18. The monoisotopic (exact) mass is 242 g/mol. The Kier molecular flexibility index (Phi) is 2.90. The molecule has 13 heavy (non-hydrogen) atoms. The Balaban J connectivity index is 2.14. The Hall–Kier alpha value is -0.480. The molecular weight excluding hydrogens is 232 g/mol. The maximum Gasteiger partial charge on any atom is 0.124 e. The molecule has 1 atom stereocenters. The Morgan fingerprint density at radius 1 is 1.46 bits per heavy atom. The van der Waals surface area contributed by atoms with Crippen molar-refractivity contribution < 1.29 is 4.74 Å². The molecule has 1 aliphatic heterocycles. The number of hydrogen-bond donors (Lipinski definition) is 0. The summed E-state index contributed by atoms with van der Waals surface area (Å²) in [4.78, 5) is 8.47. The molecule has 0 aliphatic carbocycles. The minimum Gasteiger partial charge on any atom is -0.381 e. The van der Waals surface area contributed by atoms with Crippen molar-refractivity contribution in [1.82, 2.24) is 9.97 Å². The quantitative estimate of drug-likeness (QED) is 0.757. The predicted molar refractivity (Wildman–Crippen MR) is 52.5 cm³/mol. The highest BCUT2D eigenvalue weighted by Gasteiger charge is 2.17. The van der Waals surface area contributed by atoms with E-state index in [1.54, 1.807) is 6.20 Å². The van der Waals surface area contributed by atoms with Gasteiger partial charge in [0.1, 0.15) is 4.60 Å². The van der Waals surface area contributed by atoms with Gasteiger partial charge in [0, 0.05) is 18.7 Å². The molecule has 0 bridgehead atoms. The lowest BCUT2D eigenvalue weighted by Crippen LogP contribution is -2.16. The second-order valence-corrected chi connectivity index (χ2v) is 3.99. The van der Waals surface area contributed by atoms with Gasteiger partial charge in [-0.2, -0.15) is 0 Å². The summed E-state index contributed by atoms with van der Waals surface area (Å²) in [6.07, 6.45) is 5.81. The summed E-state index contributed by atoms with van der Waals surface area (Å²) in [5, 5.41) is 0. The van der Waals surface area contributed by atoms with Gasteiger partial charge >= 0.3 is 0 Å². The van der Waals surface area contributed by atoms with Crippen LogP contribution in [0.3, 0.4) is 0 Å². The molecule has 1 aromatic heterocycles. The van der Waals surface area contributed by atoms with Crippen LogP contribution in [0.25, 0.3) is 0 Å². The maximum atomic E-state index is 5.39. The molecule has 0 spiro atoms. The van der Waals surface area contributed by atoms with Crippen LogP contribution in [0.4, 0.5) is 0 Å². The van der Waals surface area contributed by atoms with Crippen LogP contribution in [-0.4, -0.2) is 23.2 Å². The molecule has 4 heteroatoms. The van der Waals surface area contributed by atoms with E-state index in [9.17, 15) is 0 Å². The van der Waals surface area contributed by atoms with E-state index in [0.717, 1.165) is 36.4 Å². The lowest BCUT2D eigenvalue weighted by molar-refractivity contribution is 0.0791. The first kappa shape index (κ1) is 9.09. The number of hydrogen-bond acceptors (Lipinski definition) is 3. The van der Waals surface area contributed by atoms with E-state index in [2.05, 4.69) is 25.9 Å². The molecule has 0 radical (unpaired) electrons. The summed E-state index contributed by atoms with van der Waals surface area (Å²) in [5.74, 6) is 0.429. The van der Waals surface area contributed by atoms with Crippen LogP contribution in [-0.2, 0) is 4.74 Å². The van der Waals surface area contributed by atoms with Crippen molar-refractivity contribution >= 4 is 15.9 Å². The van der Waals surface area contributed by atoms with Crippen molar-refractivity contribution in [2.75, 3.05) is 13.2 Å². The van der Waals surface area contributed by atoms with Crippen molar-refractivity contribution in [1.29, 1.82) is 0 Å². The lowest BCUT2D eigenvalue weighted by atomic mass is 9.99. The Morgan fingerprint density at radius 3 is 3.08 bits per heavy atom. The van der Waals surface area contributed by atoms with Gasteiger partial charge in [-0.1, -0.05) is 0 Å². The van der Waals surface area contributed by atoms with Crippen molar-refractivity contribution in [2.45, 2.75) is 18.8 Å². The van der Waals surface area contributed by atoms with Crippen molar-refractivity contribution in [3.8, 4) is 0 Å². The zero-order valence-corrected chi connectivity index (χ0v) is 8.83. The molecular formula is C9H11BrN2O. The lowest BCUT2D eigenvalue weighted by Gasteiger charge is -2.21. The first-order chi connectivity index (χ1) is 6.36. The fraction of sp³-hybridized carbons (Fsp3) is 0.556. The zero-order chi connectivity index (χ0) is 9.10. The standard InChI is InChI=1S/C9H11BrN2O/c10-9-5-11-4-8(12-9)7-2-1-3-13-6-7/h4-5,7H,1-3,6H2. The summed E-state index contributed by atoms with van der Waals surface area (Å²) in [6.45, 7) is 1.67. The van der Waals surface area contributed by atoms with Crippen LogP contribution in [0.5, 0.6) is 0 Å². The minimum atomic E-state index is 0.429. The molecule has 3 nitrogen and oxygen atoms in total. The molecule has 0 N–H and O–H groups in total. The second kappa shape index (κ2) is 4.15. The third kappa shape index (κ3) is 2.25. The molecule has 1 saturated heterocycles. The van der Waals surface area contributed by atoms with Gasteiger partial charge in [-0.3, -0.25) is 4.98 Å². The molecule has 0 saturated carbocycles. The first-order valence-corrected chi connectivity index (χ1v) is 5.21. The predicted octanol–water partition coefficient (Wildman–Crippen LogP) is 2.13. The first-order valence-electron chi connectivity index (χ1n) is 4.41. The fourth-order valence-corrected chi connectivity index (χ4v) is 1.85. The number of aromatic nitrogens is 2. The molecule has 0 aromatic carbocycles. The summed E-state index contributed by atoms with van der Waals surface area (Å²) >= 11 is 3.31. The summed E-state index contributed by atoms with van der Waals surface area (Å²) in [7, 11) is 0. The van der Waals surface area contributed by atoms with Crippen LogP contribution in [0.15, 0.2) is 17.0 Å². The third-order valence-electron chi connectivity index (χ3n) is 2.20. The van der Waals surface area contributed by atoms with E-state index in [-0.39, 0.29) is 0 Å². The van der Waals surface area contributed by atoms with E-state index in [0.29, 0.717) is 5.92 Å². The van der Waals surface area contributed by atoms with Crippen molar-refractivity contribution in [3.63, 3.8) is 0 Å². The number of rotatable bonds is 1. The van der Waals surface area contributed by atoms with Gasteiger partial charge in [0.15, 0.2) is 0 Å². The summed E-state index contributed by atoms with van der Waals surface area (Å²) in [6, 6.07) is 0. The largest absolute Gasteiger partial charge is 0.381 e. The van der Waals surface area contributed by atoms with Crippen LogP contribution in [0.2, 0.25) is 0 Å². The maximum absolute atomic E-state index is 5.39. The van der Waals surface area contributed by atoms with Gasteiger partial charge in [-0.05, 0) is 28.8 Å². The Bertz CT molecular complexity index is 287. The third-order valence-corrected chi connectivity index (χ3v) is 2.58. The smallest absolute Gasteiger partial charge is 0.124 e. The highest BCUT2D eigenvalue weighted by molar-refractivity contribution is 9.10. The van der Waals surface area contributed by atoms with Crippen LogP contribution in [0, 0.1) is 0 Å². The molecule has 70 valence electrons. The number of ether oxygens (including phenoxy) is 1. The molecule has 1 aromatic rings. The Morgan fingerprint density at radius 2 is 2.38 bits per heavy atom. The highest BCUT2D eigenvalue weighted by atomic mass is 79.9. The van der Waals surface area contributed by atoms with E-state index >= 15 is 0 Å². The SMILES string of the molecule is Brc1cncc(C2CCCOC2)n1. The number of nitrogens with zero attached hydrogens (tertiary/aromatic N) is 2. The van der Waals surface area contributed by atoms with Gasteiger partial charge in [-0.15, -0.1) is 0 Å². The van der Waals surface area contributed by atoms with Crippen LogP contribution < -0.4 is 0 Å². The molecule has 2 heterocycles. The topological polar surface area (TPSA) is 35.0 Å². The van der Waals surface area contributed by atoms with Crippen LogP contribution in [0.1, 0.15) is 24.5 Å². The van der Waals surface area contributed by atoms with Crippen LogP contribution >= 0.6 is 15.9 Å². The van der Waals surface area contributed by atoms with E-state index in [1.165, 1.54) is 0 Å². The average molecular weight is 243 g/mol. The molecule has 1 fully saturated rings.